The fourth-order valence-electron chi connectivity index (χ4n) is 1.77. The highest BCUT2D eigenvalue weighted by molar-refractivity contribution is 9.10. The zero-order chi connectivity index (χ0) is 13.1. The number of ether oxygens (including phenoxy) is 1. The van der Waals surface area contributed by atoms with Crippen LogP contribution in [0.3, 0.4) is 0 Å². The summed E-state index contributed by atoms with van der Waals surface area (Å²) in [5.74, 6) is 0.544. The minimum absolute atomic E-state index is 0.231. The molecule has 0 fully saturated rings. The van der Waals surface area contributed by atoms with E-state index in [0.717, 1.165) is 15.8 Å². The third-order valence-corrected chi connectivity index (χ3v) is 3.21. The lowest BCUT2D eigenvalue weighted by Crippen LogP contribution is -2.00. The summed E-state index contributed by atoms with van der Waals surface area (Å²) in [6.07, 6.45) is 0. The fraction of sp³-hybridized carbons (Fsp3) is 0.200. The molecular weight excluding hydrogens is 295 g/mol. The van der Waals surface area contributed by atoms with E-state index >= 15 is 0 Å². The normalized spacial score (nSPS) is 10.4. The van der Waals surface area contributed by atoms with E-state index in [9.17, 15) is 4.39 Å². The summed E-state index contributed by atoms with van der Waals surface area (Å²) in [5, 5.41) is 0. The summed E-state index contributed by atoms with van der Waals surface area (Å²) in [5.41, 5.74) is 2.79. The molecule has 2 rings (SSSR count). The molecule has 0 aliphatic heterocycles. The van der Waals surface area contributed by atoms with Gasteiger partial charge in [-0.05, 0) is 43.7 Å². The van der Waals surface area contributed by atoms with E-state index in [0.29, 0.717) is 5.56 Å². The summed E-state index contributed by atoms with van der Waals surface area (Å²) in [6, 6.07) is 10.8. The predicted octanol–water partition coefficient (Wildman–Crippen LogP) is 4.78. The molecule has 0 atom stereocenters. The largest absolute Gasteiger partial charge is 0.489 e. The maximum Gasteiger partial charge on any atom is 0.129 e. The van der Waals surface area contributed by atoms with Crippen LogP contribution in [0.25, 0.3) is 0 Å². The van der Waals surface area contributed by atoms with E-state index in [4.69, 9.17) is 4.74 Å². The molecule has 0 saturated heterocycles. The topological polar surface area (TPSA) is 9.23 Å². The number of hydrogen-bond donors (Lipinski definition) is 0. The summed E-state index contributed by atoms with van der Waals surface area (Å²) >= 11 is 3.32. The van der Waals surface area contributed by atoms with Crippen LogP contribution in [0.5, 0.6) is 5.75 Å². The Bertz CT molecular complexity index is 566. The minimum Gasteiger partial charge on any atom is -0.489 e. The average molecular weight is 309 g/mol. The van der Waals surface area contributed by atoms with Gasteiger partial charge in [0, 0.05) is 10.0 Å². The number of hydrogen-bond acceptors (Lipinski definition) is 1. The third kappa shape index (κ3) is 3.10. The third-order valence-electron chi connectivity index (χ3n) is 2.72. The molecule has 0 spiro atoms. The van der Waals surface area contributed by atoms with Gasteiger partial charge in [0.2, 0.25) is 0 Å². The highest BCUT2D eigenvalue weighted by atomic mass is 79.9. The molecule has 0 aliphatic carbocycles. The van der Waals surface area contributed by atoms with Crippen LogP contribution in [-0.2, 0) is 6.61 Å². The first kappa shape index (κ1) is 13.1. The molecule has 0 unspecified atom stereocenters. The summed E-state index contributed by atoms with van der Waals surface area (Å²) in [6.45, 7) is 4.25. The van der Waals surface area contributed by atoms with Crippen molar-refractivity contribution in [2.24, 2.45) is 0 Å². The zero-order valence-electron chi connectivity index (χ0n) is 10.3. The van der Waals surface area contributed by atoms with Gasteiger partial charge in [-0.25, -0.2) is 4.39 Å². The van der Waals surface area contributed by atoms with Crippen LogP contribution in [0.1, 0.15) is 16.7 Å². The molecule has 2 aromatic carbocycles. The molecule has 1 nitrogen and oxygen atoms in total. The number of aryl methyl sites for hydroxylation is 2. The van der Waals surface area contributed by atoms with Gasteiger partial charge in [-0.1, -0.05) is 33.6 Å². The van der Waals surface area contributed by atoms with Crippen LogP contribution < -0.4 is 4.74 Å². The van der Waals surface area contributed by atoms with Crippen molar-refractivity contribution in [1.29, 1.82) is 0 Å². The van der Waals surface area contributed by atoms with Crippen molar-refractivity contribution in [3.05, 3.63) is 63.4 Å². The standard InChI is InChI=1S/C15H14BrFO/c1-10-3-6-15(11(2)7-10)18-9-12-8-13(16)4-5-14(12)17/h3-8H,9H2,1-2H3. The van der Waals surface area contributed by atoms with Crippen LogP contribution in [-0.4, -0.2) is 0 Å². The van der Waals surface area contributed by atoms with Crippen molar-refractivity contribution in [3.8, 4) is 5.75 Å². The lowest BCUT2D eigenvalue weighted by molar-refractivity contribution is 0.297. The maximum absolute atomic E-state index is 13.5. The van der Waals surface area contributed by atoms with Gasteiger partial charge in [-0.15, -0.1) is 0 Å². The molecular formula is C15H14BrFO. The molecule has 3 heteroatoms. The molecule has 0 heterocycles. The van der Waals surface area contributed by atoms with Gasteiger partial charge in [0.15, 0.2) is 0 Å². The summed E-state index contributed by atoms with van der Waals surface area (Å²) < 4.78 is 20.0. The first-order valence-electron chi connectivity index (χ1n) is 5.70. The highest BCUT2D eigenvalue weighted by Gasteiger charge is 2.05. The molecule has 0 bridgehead atoms. The Kier molecular flexibility index (Phi) is 4.02. The number of benzene rings is 2. The first-order chi connectivity index (χ1) is 8.56. The van der Waals surface area contributed by atoms with Crippen molar-refractivity contribution in [1.82, 2.24) is 0 Å². The molecule has 2 aromatic rings. The quantitative estimate of drug-likeness (QED) is 0.792. The van der Waals surface area contributed by atoms with E-state index in [1.165, 1.54) is 11.6 Å². The van der Waals surface area contributed by atoms with E-state index in [1.807, 2.05) is 32.0 Å². The van der Waals surface area contributed by atoms with Crippen LogP contribution >= 0.6 is 15.9 Å². The first-order valence-corrected chi connectivity index (χ1v) is 6.49. The predicted molar refractivity (Wildman–Crippen MR) is 74.3 cm³/mol. The van der Waals surface area contributed by atoms with Gasteiger partial charge in [-0.3, -0.25) is 0 Å². The lowest BCUT2D eigenvalue weighted by Gasteiger charge is -2.10. The second-order valence-corrected chi connectivity index (χ2v) is 5.21. The molecule has 0 aliphatic rings. The average Bonchev–Trinajstić information content (AvgIpc) is 2.32. The Morgan fingerprint density at radius 2 is 1.89 bits per heavy atom. The van der Waals surface area contributed by atoms with Crippen molar-refractivity contribution in [3.63, 3.8) is 0 Å². The smallest absolute Gasteiger partial charge is 0.129 e. The van der Waals surface area contributed by atoms with Gasteiger partial charge < -0.3 is 4.74 Å². The van der Waals surface area contributed by atoms with Crippen molar-refractivity contribution in [2.75, 3.05) is 0 Å². The highest BCUT2D eigenvalue weighted by Crippen LogP contribution is 2.22. The maximum atomic E-state index is 13.5. The fourth-order valence-corrected chi connectivity index (χ4v) is 2.18. The van der Waals surface area contributed by atoms with E-state index < -0.39 is 0 Å². The Morgan fingerprint density at radius 3 is 2.61 bits per heavy atom. The molecule has 18 heavy (non-hydrogen) atoms. The van der Waals surface area contributed by atoms with Crippen LogP contribution in [0.2, 0.25) is 0 Å². The molecule has 94 valence electrons. The van der Waals surface area contributed by atoms with Crippen molar-refractivity contribution < 1.29 is 9.13 Å². The Hall–Kier alpha value is -1.35. The van der Waals surface area contributed by atoms with Crippen molar-refractivity contribution >= 4 is 15.9 Å². The van der Waals surface area contributed by atoms with E-state index in [1.54, 1.807) is 12.1 Å². The van der Waals surface area contributed by atoms with Crippen LogP contribution in [0, 0.1) is 19.7 Å². The van der Waals surface area contributed by atoms with Gasteiger partial charge in [0.25, 0.3) is 0 Å². The van der Waals surface area contributed by atoms with Crippen LogP contribution in [0.4, 0.5) is 4.39 Å². The Labute approximate surface area is 115 Å². The molecule has 0 radical (unpaired) electrons. The number of halogens is 2. The van der Waals surface area contributed by atoms with Crippen LogP contribution in [0.15, 0.2) is 40.9 Å². The molecule has 0 aromatic heterocycles. The van der Waals surface area contributed by atoms with Gasteiger partial charge in [-0.2, -0.15) is 0 Å². The molecule has 0 N–H and O–H groups in total. The second kappa shape index (κ2) is 5.53. The minimum atomic E-state index is -0.247. The second-order valence-electron chi connectivity index (χ2n) is 4.29. The van der Waals surface area contributed by atoms with E-state index in [-0.39, 0.29) is 12.4 Å². The Balaban J connectivity index is 2.13. The Morgan fingerprint density at radius 1 is 1.11 bits per heavy atom. The zero-order valence-corrected chi connectivity index (χ0v) is 11.9. The molecule has 0 saturated carbocycles. The van der Waals surface area contributed by atoms with Gasteiger partial charge >= 0.3 is 0 Å². The number of rotatable bonds is 3. The summed E-state index contributed by atoms with van der Waals surface area (Å²) in [4.78, 5) is 0. The lowest BCUT2D eigenvalue weighted by atomic mass is 10.1. The van der Waals surface area contributed by atoms with Gasteiger partial charge in [0.05, 0.1) is 0 Å². The van der Waals surface area contributed by atoms with Crippen molar-refractivity contribution in [2.45, 2.75) is 20.5 Å². The van der Waals surface area contributed by atoms with Gasteiger partial charge in [0.1, 0.15) is 18.2 Å². The molecule has 0 amide bonds. The monoisotopic (exact) mass is 308 g/mol. The summed E-state index contributed by atoms with van der Waals surface area (Å²) in [7, 11) is 0. The van der Waals surface area contributed by atoms with E-state index in [2.05, 4.69) is 15.9 Å². The SMILES string of the molecule is Cc1ccc(OCc2cc(Br)ccc2F)c(C)c1.